The third kappa shape index (κ3) is 2.94. The first kappa shape index (κ1) is 21.5. The number of carbonyl (C=O) groups is 2. The predicted molar refractivity (Wildman–Crippen MR) is 127 cm³/mol. The number of allylic oxidation sites excluding steroid dienone is 2. The summed E-state index contributed by atoms with van der Waals surface area (Å²) < 4.78 is 10.7. The molecule has 7 nitrogen and oxygen atoms in total. The zero-order chi connectivity index (χ0) is 24.5. The van der Waals surface area contributed by atoms with E-state index in [1.807, 2.05) is 6.92 Å². The van der Waals surface area contributed by atoms with E-state index in [9.17, 15) is 24.6 Å². The van der Waals surface area contributed by atoms with Crippen LogP contribution in [0.15, 0.2) is 45.6 Å². The maximum absolute atomic E-state index is 13.7. The number of benzene rings is 3. The number of hydrogen-bond donors (Lipinski definition) is 2. The van der Waals surface area contributed by atoms with E-state index in [2.05, 4.69) is 0 Å². The van der Waals surface area contributed by atoms with Crippen molar-refractivity contribution in [2.24, 2.45) is 0 Å². The van der Waals surface area contributed by atoms with Crippen molar-refractivity contribution in [2.45, 2.75) is 20.8 Å². The zero-order valence-corrected chi connectivity index (χ0v) is 18.9. The fraction of sp³-hybridized carbons (Fsp3) is 0.148. The van der Waals surface area contributed by atoms with Crippen molar-refractivity contribution >= 4 is 38.7 Å². The minimum absolute atomic E-state index is 0.0250. The van der Waals surface area contributed by atoms with Gasteiger partial charge in [0.25, 0.3) is 5.95 Å². The molecule has 0 atom stereocenters. The van der Waals surface area contributed by atoms with Gasteiger partial charge in [0.2, 0.25) is 5.43 Å². The number of carbonyl (C=O) groups excluding carboxylic acids is 2. The second kappa shape index (κ2) is 7.31. The van der Waals surface area contributed by atoms with E-state index in [1.54, 1.807) is 38.1 Å². The van der Waals surface area contributed by atoms with Crippen molar-refractivity contribution in [1.29, 1.82) is 0 Å². The number of aryl methyl sites for hydroxylation is 3. The van der Waals surface area contributed by atoms with Gasteiger partial charge >= 0.3 is 0 Å². The molecular weight excluding hydrogens is 436 g/mol. The molecule has 7 heteroatoms. The minimum Gasteiger partial charge on any atom is -0.506 e. The van der Waals surface area contributed by atoms with Crippen molar-refractivity contribution in [2.75, 3.05) is 7.11 Å². The van der Waals surface area contributed by atoms with Crippen LogP contribution in [0.3, 0.4) is 0 Å². The number of rotatable bonds is 2. The van der Waals surface area contributed by atoms with Crippen molar-refractivity contribution in [3.05, 3.63) is 80.2 Å². The molecule has 0 saturated carbocycles. The number of hydrogen-bond acceptors (Lipinski definition) is 7. The van der Waals surface area contributed by atoms with Gasteiger partial charge in [0, 0.05) is 16.7 Å². The number of phenols is 1. The summed E-state index contributed by atoms with van der Waals surface area (Å²) in [5.41, 5.74) is 1.07. The molecule has 0 radical (unpaired) electrons. The van der Waals surface area contributed by atoms with Gasteiger partial charge in [-0.25, -0.2) is 0 Å². The van der Waals surface area contributed by atoms with Crippen molar-refractivity contribution < 1.29 is 29.0 Å². The van der Waals surface area contributed by atoms with E-state index >= 15 is 0 Å². The summed E-state index contributed by atoms with van der Waals surface area (Å²) in [6, 6.07) is 8.21. The molecule has 3 aromatic carbocycles. The van der Waals surface area contributed by atoms with Gasteiger partial charge in [-0.05, 0) is 67.4 Å². The molecule has 0 fully saturated rings. The van der Waals surface area contributed by atoms with Gasteiger partial charge in [-0.15, -0.1) is 0 Å². The maximum Gasteiger partial charge on any atom is 0.293 e. The smallest absolute Gasteiger partial charge is 0.293 e. The quantitative estimate of drug-likeness (QED) is 0.418. The first-order valence-corrected chi connectivity index (χ1v) is 10.5. The molecule has 34 heavy (non-hydrogen) atoms. The first-order valence-electron chi connectivity index (χ1n) is 10.5. The molecule has 5 rings (SSSR count). The summed E-state index contributed by atoms with van der Waals surface area (Å²) in [6.45, 7) is 5.22. The summed E-state index contributed by atoms with van der Waals surface area (Å²) >= 11 is 0. The van der Waals surface area contributed by atoms with Gasteiger partial charge in [-0.3, -0.25) is 14.4 Å². The average Bonchev–Trinajstić information content (AvgIpc) is 2.75. The molecule has 4 aromatic rings. The molecule has 0 spiro atoms. The highest BCUT2D eigenvalue weighted by molar-refractivity contribution is 6.39. The Labute approximate surface area is 193 Å². The van der Waals surface area contributed by atoms with E-state index in [0.29, 0.717) is 22.1 Å². The predicted octanol–water partition coefficient (Wildman–Crippen LogP) is 4.75. The molecule has 0 aliphatic heterocycles. The van der Waals surface area contributed by atoms with Crippen LogP contribution in [0.5, 0.6) is 17.4 Å². The third-order valence-corrected chi connectivity index (χ3v) is 6.16. The summed E-state index contributed by atoms with van der Waals surface area (Å²) in [7, 11) is 1.36. The topological polar surface area (TPSA) is 114 Å². The van der Waals surface area contributed by atoms with Gasteiger partial charge in [-0.1, -0.05) is 11.6 Å². The van der Waals surface area contributed by atoms with Gasteiger partial charge in [-0.2, -0.15) is 0 Å². The van der Waals surface area contributed by atoms with E-state index in [-0.39, 0.29) is 38.8 Å². The largest absolute Gasteiger partial charge is 0.506 e. The number of ether oxygens (including phenoxy) is 1. The molecule has 170 valence electrons. The molecule has 1 aromatic heterocycles. The summed E-state index contributed by atoms with van der Waals surface area (Å²) in [5.74, 6) is -1.38. The summed E-state index contributed by atoms with van der Waals surface area (Å²) in [6.07, 6.45) is 1.14. The van der Waals surface area contributed by atoms with Crippen LogP contribution in [0.1, 0.15) is 43.2 Å². The Hall–Kier alpha value is -4.39. The van der Waals surface area contributed by atoms with Crippen LogP contribution in [-0.2, 0) is 0 Å². The highest BCUT2D eigenvalue weighted by Crippen LogP contribution is 2.41. The van der Waals surface area contributed by atoms with Crippen molar-refractivity contribution in [1.82, 2.24) is 0 Å². The highest BCUT2D eigenvalue weighted by Gasteiger charge is 2.32. The van der Waals surface area contributed by atoms with Crippen LogP contribution in [-0.4, -0.2) is 28.9 Å². The van der Waals surface area contributed by atoms with E-state index < -0.39 is 28.7 Å². The normalized spacial score (nSPS) is 13.4. The van der Waals surface area contributed by atoms with Gasteiger partial charge < -0.3 is 19.4 Å². The van der Waals surface area contributed by atoms with Crippen LogP contribution in [0.25, 0.3) is 27.1 Å². The SMILES string of the molecule is COc1cc2cc3cc(C)oc(O)c3c(O)c2c(=O)c1C1=CC(=O)c2cc(C)cc(C)c2C1=O. The molecule has 0 amide bonds. The van der Waals surface area contributed by atoms with Gasteiger partial charge in [0.1, 0.15) is 22.6 Å². The Balaban J connectivity index is 1.86. The molecule has 1 aliphatic rings. The monoisotopic (exact) mass is 456 g/mol. The average molecular weight is 456 g/mol. The van der Waals surface area contributed by atoms with Crippen LogP contribution >= 0.6 is 0 Å². The Morgan fingerprint density at radius 1 is 0.853 bits per heavy atom. The number of fused-ring (bicyclic) bond motifs is 3. The molecule has 1 heterocycles. The first-order chi connectivity index (χ1) is 16.1. The third-order valence-electron chi connectivity index (χ3n) is 6.16. The maximum atomic E-state index is 13.7. The lowest BCUT2D eigenvalue weighted by molar-refractivity contribution is 0.100. The lowest BCUT2D eigenvalue weighted by atomic mass is 9.82. The number of phenolic OH excluding ortho intramolecular Hbond substituents is 1. The van der Waals surface area contributed by atoms with Crippen LogP contribution < -0.4 is 10.2 Å². The Bertz CT molecular complexity index is 1690. The lowest BCUT2D eigenvalue weighted by Gasteiger charge is -2.20. The Morgan fingerprint density at radius 3 is 2.26 bits per heavy atom. The molecule has 0 bridgehead atoms. The summed E-state index contributed by atoms with van der Waals surface area (Å²) in [4.78, 5) is 40.2. The standard InChI is InChI=1S/C27H20O7/c1-11-5-12(2)20-16(6-11)18(28)10-17(24(20)29)23-19(33-4)9-15-8-14-7-13(3)34-27(32)22(14)25(30)21(15)26(23)31/h5-10,30,32H,1-4H3. The second-order valence-electron chi connectivity index (χ2n) is 8.49. The number of Topliss-reactive ketones (excluding diaryl/α,β-unsaturated/α-hetero) is 1. The molecule has 1 aliphatic carbocycles. The van der Waals surface area contributed by atoms with E-state index in [4.69, 9.17) is 9.15 Å². The van der Waals surface area contributed by atoms with Crippen molar-refractivity contribution in [3.63, 3.8) is 0 Å². The number of ketones is 2. The van der Waals surface area contributed by atoms with Gasteiger partial charge in [0.15, 0.2) is 11.6 Å². The fourth-order valence-corrected chi connectivity index (χ4v) is 4.78. The number of aromatic hydroxyl groups is 2. The number of methoxy groups -OCH3 is 1. The summed E-state index contributed by atoms with van der Waals surface area (Å²) in [5, 5.41) is 21.9. The fourth-order valence-electron chi connectivity index (χ4n) is 4.78. The van der Waals surface area contributed by atoms with Crippen LogP contribution in [0.4, 0.5) is 0 Å². The van der Waals surface area contributed by atoms with Gasteiger partial charge in [0.05, 0.1) is 18.1 Å². The van der Waals surface area contributed by atoms with Crippen LogP contribution in [0, 0.1) is 20.8 Å². The molecule has 0 saturated heterocycles. The highest BCUT2D eigenvalue weighted by atomic mass is 16.5. The van der Waals surface area contributed by atoms with Crippen molar-refractivity contribution in [3.8, 4) is 17.4 Å². The Kier molecular flexibility index (Phi) is 4.61. The molecular formula is C27H20O7. The Morgan fingerprint density at radius 2 is 1.56 bits per heavy atom. The lowest BCUT2D eigenvalue weighted by Crippen LogP contribution is -2.22. The minimum atomic E-state index is -0.700. The molecule has 2 N–H and O–H groups in total. The van der Waals surface area contributed by atoms with Crippen LogP contribution in [0.2, 0.25) is 0 Å². The zero-order valence-electron chi connectivity index (χ0n) is 18.9. The van der Waals surface area contributed by atoms with E-state index in [0.717, 1.165) is 11.6 Å². The molecule has 0 unspecified atom stereocenters. The second-order valence-corrected chi connectivity index (χ2v) is 8.49. The van der Waals surface area contributed by atoms with E-state index in [1.165, 1.54) is 13.2 Å².